The molecule has 1 aromatic carbocycles. The van der Waals surface area contributed by atoms with Crippen molar-refractivity contribution in [2.45, 2.75) is 6.92 Å². The maximum absolute atomic E-state index is 6.10. The average Bonchev–Trinajstić information content (AvgIpc) is 2.96. The molecule has 0 unspecified atom stereocenters. The first-order valence-electron chi connectivity index (χ1n) is 6.39. The van der Waals surface area contributed by atoms with Crippen LogP contribution in [0.3, 0.4) is 0 Å². The highest BCUT2D eigenvalue weighted by molar-refractivity contribution is 7.13. The van der Waals surface area contributed by atoms with Crippen molar-refractivity contribution in [3.05, 3.63) is 40.4 Å². The smallest absolute Gasteiger partial charge is 0.185 e. The zero-order valence-corrected chi connectivity index (χ0v) is 12.4. The summed E-state index contributed by atoms with van der Waals surface area (Å²) in [5, 5.41) is 3.97. The van der Waals surface area contributed by atoms with E-state index in [0.29, 0.717) is 0 Å². The summed E-state index contributed by atoms with van der Waals surface area (Å²) in [6.45, 7) is 6.19. The average molecular weight is 294 g/mol. The summed E-state index contributed by atoms with van der Waals surface area (Å²) in [7, 11) is 0. The van der Waals surface area contributed by atoms with E-state index in [1.54, 1.807) is 11.3 Å². The maximum Gasteiger partial charge on any atom is 0.185 e. The molecule has 0 aliphatic carbocycles. The Morgan fingerprint density at radius 2 is 1.89 bits per heavy atom. The second kappa shape index (κ2) is 5.39. The predicted molar refractivity (Wildman–Crippen MR) is 82.7 cm³/mol. The molecule has 1 fully saturated rings. The summed E-state index contributed by atoms with van der Waals surface area (Å²) in [6, 6.07) is 6.10. The summed E-state index contributed by atoms with van der Waals surface area (Å²) in [4.78, 5) is 9.13. The standard InChI is InChI=1S/C14H16ClN3S/c1-11-2-3-12(15)10-13(11)17-5-7-18(8-6-17)14-16-4-9-19-14/h2-4,9-10H,5-8H2,1H3. The maximum atomic E-state index is 6.10. The van der Waals surface area contributed by atoms with Gasteiger partial charge in [0.2, 0.25) is 0 Å². The van der Waals surface area contributed by atoms with Crippen molar-refractivity contribution in [3.8, 4) is 0 Å². The predicted octanol–water partition coefficient (Wildman–Crippen LogP) is 3.43. The van der Waals surface area contributed by atoms with Crippen LogP contribution in [0.15, 0.2) is 29.8 Å². The highest BCUT2D eigenvalue weighted by atomic mass is 35.5. The number of anilines is 2. The van der Waals surface area contributed by atoms with E-state index in [9.17, 15) is 0 Å². The Morgan fingerprint density at radius 1 is 1.16 bits per heavy atom. The molecular weight excluding hydrogens is 278 g/mol. The number of aryl methyl sites for hydroxylation is 1. The van der Waals surface area contributed by atoms with E-state index in [4.69, 9.17) is 11.6 Å². The van der Waals surface area contributed by atoms with Crippen molar-refractivity contribution >= 4 is 33.8 Å². The Morgan fingerprint density at radius 3 is 2.58 bits per heavy atom. The summed E-state index contributed by atoms with van der Waals surface area (Å²) < 4.78 is 0. The fourth-order valence-corrected chi connectivity index (χ4v) is 3.30. The lowest BCUT2D eigenvalue weighted by Crippen LogP contribution is -2.46. The van der Waals surface area contributed by atoms with Crippen molar-refractivity contribution in [1.82, 2.24) is 4.98 Å². The quantitative estimate of drug-likeness (QED) is 0.846. The molecule has 1 aromatic heterocycles. The lowest BCUT2D eigenvalue weighted by Gasteiger charge is -2.36. The van der Waals surface area contributed by atoms with Gasteiger partial charge in [0.25, 0.3) is 0 Å². The molecule has 2 aromatic rings. The third kappa shape index (κ3) is 2.69. The Kier molecular flexibility index (Phi) is 3.62. The molecule has 1 saturated heterocycles. The first kappa shape index (κ1) is 12.8. The van der Waals surface area contributed by atoms with Gasteiger partial charge in [-0.3, -0.25) is 0 Å². The summed E-state index contributed by atoms with van der Waals surface area (Å²) in [6.07, 6.45) is 1.87. The molecule has 100 valence electrons. The molecule has 0 saturated carbocycles. The highest BCUT2D eigenvalue weighted by Gasteiger charge is 2.19. The van der Waals surface area contributed by atoms with Gasteiger partial charge < -0.3 is 9.80 Å². The number of halogens is 1. The van der Waals surface area contributed by atoms with Crippen LogP contribution in [0, 0.1) is 6.92 Å². The van der Waals surface area contributed by atoms with Crippen molar-refractivity contribution in [3.63, 3.8) is 0 Å². The third-order valence-corrected chi connectivity index (χ3v) is 4.55. The number of nitrogens with zero attached hydrogens (tertiary/aromatic N) is 3. The number of hydrogen-bond acceptors (Lipinski definition) is 4. The SMILES string of the molecule is Cc1ccc(Cl)cc1N1CCN(c2nccs2)CC1. The van der Waals surface area contributed by atoms with E-state index in [1.807, 2.05) is 17.6 Å². The number of hydrogen-bond donors (Lipinski definition) is 0. The fraction of sp³-hybridized carbons (Fsp3) is 0.357. The van der Waals surface area contributed by atoms with Gasteiger partial charge in [0.15, 0.2) is 5.13 Å². The minimum atomic E-state index is 0.808. The highest BCUT2D eigenvalue weighted by Crippen LogP contribution is 2.26. The van der Waals surface area contributed by atoms with E-state index < -0.39 is 0 Å². The Bertz CT molecular complexity index is 548. The number of aromatic nitrogens is 1. The topological polar surface area (TPSA) is 19.4 Å². The third-order valence-electron chi connectivity index (χ3n) is 3.48. The summed E-state index contributed by atoms with van der Waals surface area (Å²) in [5.74, 6) is 0. The van der Waals surface area contributed by atoms with Crippen LogP contribution in [0.4, 0.5) is 10.8 Å². The van der Waals surface area contributed by atoms with Gasteiger partial charge in [-0.15, -0.1) is 11.3 Å². The number of benzene rings is 1. The molecule has 0 N–H and O–H groups in total. The van der Waals surface area contributed by atoms with Crippen LogP contribution in [0.25, 0.3) is 0 Å². The molecule has 19 heavy (non-hydrogen) atoms. The molecule has 0 spiro atoms. The first-order valence-corrected chi connectivity index (χ1v) is 7.65. The van der Waals surface area contributed by atoms with Crippen molar-refractivity contribution < 1.29 is 0 Å². The van der Waals surface area contributed by atoms with Crippen LogP contribution >= 0.6 is 22.9 Å². The lowest BCUT2D eigenvalue weighted by molar-refractivity contribution is 0.651. The van der Waals surface area contributed by atoms with Crippen LogP contribution in [0.1, 0.15) is 5.56 Å². The van der Waals surface area contributed by atoms with Crippen LogP contribution in [-0.4, -0.2) is 31.2 Å². The van der Waals surface area contributed by atoms with Crippen molar-refractivity contribution in [2.24, 2.45) is 0 Å². The van der Waals surface area contributed by atoms with E-state index in [2.05, 4.69) is 33.8 Å². The van der Waals surface area contributed by atoms with Gasteiger partial charge in [-0.2, -0.15) is 0 Å². The van der Waals surface area contributed by atoms with Crippen LogP contribution in [-0.2, 0) is 0 Å². The normalized spacial score (nSPS) is 15.9. The van der Waals surface area contributed by atoms with Gasteiger partial charge in [0, 0.05) is 48.5 Å². The number of piperazine rings is 1. The van der Waals surface area contributed by atoms with Gasteiger partial charge in [-0.05, 0) is 24.6 Å². The molecular formula is C14H16ClN3S. The van der Waals surface area contributed by atoms with Gasteiger partial charge in [-0.1, -0.05) is 17.7 Å². The molecule has 0 amide bonds. The molecule has 2 heterocycles. The first-order chi connectivity index (χ1) is 9.24. The molecule has 1 aliphatic heterocycles. The second-order valence-corrected chi connectivity index (χ2v) is 6.03. The molecule has 0 radical (unpaired) electrons. The van der Waals surface area contributed by atoms with E-state index in [1.165, 1.54) is 11.3 Å². The van der Waals surface area contributed by atoms with Crippen LogP contribution in [0.2, 0.25) is 5.02 Å². The summed E-state index contributed by atoms with van der Waals surface area (Å²) in [5.41, 5.74) is 2.54. The van der Waals surface area contributed by atoms with E-state index >= 15 is 0 Å². The largest absolute Gasteiger partial charge is 0.368 e. The van der Waals surface area contributed by atoms with Crippen molar-refractivity contribution in [1.29, 1.82) is 0 Å². The number of thiazole rings is 1. The van der Waals surface area contributed by atoms with Crippen LogP contribution < -0.4 is 9.80 Å². The van der Waals surface area contributed by atoms with Crippen LogP contribution in [0.5, 0.6) is 0 Å². The Balaban J connectivity index is 1.71. The second-order valence-electron chi connectivity index (χ2n) is 4.72. The molecule has 5 heteroatoms. The zero-order chi connectivity index (χ0) is 13.2. The molecule has 0 bridgehead atoms. The Hall–Kier alpha value is -1.26. The Labute approximate surface area is 122 Å². The van der Waals surface area contributed by atoms with E-state index in [0.717, 1.165) is 36.3 Å². The van der Waals surface area contributed by atoms with Crippen molar-refractivity contribution in [2.75, 3.05) is 36.0 Å². The van der Waals surface area contributed by atoms with E-state index in [-0.39, 0.29) is 0 Å². The number of rotatable bonds is 2. The summed E-state index contributed by atoms with van der Waals surface area (Å²) >= 11 is 7.81. The molecule has 0 atom stereocenters. The van der Waals surface area contributed by atoms with Gasteiger partial charge in [-0.25, -0.2) is 4.98 Å². The monoisotopic (exact) mass is 293 g/mol. The molecule has 3 nitrogen and oxygen atoms in total. The zero-order valence-electron chi connectivity index (χ0n) is 10.8. The minimum Gasteiger partial charge on any atom is -0.368 e. The lowest BCUT2D eigenvalue weighted by atomic mass is 10.1. The molecule has 3 rings (SSSR count). The minimum absolute atomic E-state index is 0.808. The van der Waals surface area contributed by atoms with Gasteiger partial charge in [0.05, 0.1) is 0 Å². The van der Waals surface area contributed by atoms with Gasteiger partial charge >= 0.3 is 0 Å². The van der Waals surface area contributed by atoms with Gasteiger partial charge in [0.1, 0.15) is 0 Å². The molecule has 1 aliphatic rings. The fourth-order valence-electron chi connectivity index (χ4n) is 2.43.